The average Bonchev–Trinajstić information content (AvgIpc) is 3.13. The number of benzene rings is 2. The molecule has 1 aromatic heterocycles. The van der Waals surface area contributed by atoms with E-state index in [1.807, 2.05) is 31.4 Å². The molecule has 0 amide bonds. The van der Waals surface area contributed by atoms with E-state index < -0.39 is 5.25 Å². The number of nitriles is 1. The molecular formula is C24H22Br2Cl4N2OS2. The number of halogens is 6. The van der Waals surface area contributed by atoms with Gasteiger partial charge in [0.2, 0.25) is 0 Å². The number of carbonyl (C=O) groups is 1. The number of nitrogens with zero attached hydrogens (tertiary/aromatic N) is 2. The van der Waals surface area contributed by atoms with Crippen molar-refractivity contribution in [3.8, 4) is 16.7 Å². The largest absolute Gasteiger partial charge is 0.293 e. The molecule has 1 heterocycles. The number of hydrogen-bond acceptors (Lipinski definition) is 5. The van der Waals surface area contributed by atoms with Crippen molar-refractivity contribution in [3.63, 3.8) is 0 Å². The minimum absolute atomic E-state index is 0. The van der Waals surface area contributed by atoms with Gasteiger partial charge in [0.25, 0.3) is 0 Å². The molecule has 0 saturated carbocycles. The summed E-state index contributed by atoms with van der Waals surface area (Å²) in [5.41, 5.74) is 2.29. The van der Waals surface area contributed by atoms with E-state index in [0.717, 1.165) is 26.9 Å². The summed E-state index contributed by atoms with van der Waals surface area (Å²) in [6.45, 7) is 8.09. The zero-order chi connectivity index (χ0) is 25.6. The average molecular weight is 720 g/mol. The smallest absolute Gasteiger partial charge is 0.178 e. The van der Waals surface area contributed by atoms with Crippen LogP contribution in [-0.2, 0) is 0 Å². The van der Waals surface area contributed by atoms with Gasteiger partial charge in [-0.1, -0.05) is 74.1 Å². The summed E-state index contributed by atoms with van der Waals surface area (Å²) in [4.78, 5) is 17.9. The molecule has 188 valence electrons. The minimum Gasteiger partial charge on any atom is -0.293 e. The zero-order valence-corrected chi connectivity index (χ0v) is 27.1. The Hall–Kier alpha value is -0.300. The van der Waals surface area contributed by atoms with Gasteiger partial charge in [0.15, 0.2) is 9.70 Å². The van der Waals surface area contributed by atoms with Gasteiger partial charge in [-0.3, -0.25) is 4.79 Å². The Labute approximate surface area is 253 Å². The third-order valence-corrected chi connectivity index (χ3v) is 8.60. The second-order valence-corrected chi connectivity index (χ2v) is 12.7. The quantitative estimate of drug-likeness (QED) is 0.188. The lowest BCUT2D eigenvalue weighted by Crippen LogP contribution is -2.23. The summed E-state index contributed by atoms with van der Waals surface area (Å²) >= 11 is 29.9. The number of thiazole rings is 1. The van der Waals surface area contributed by atoms with Crippen LogP contribution in [-0.4, -0.2) is 16.0 Å². The maximum Gasteiger partial charge on any atom is 0.178 e. The van der Waals surface area contributed by atoms with Crippen LogP contribution in [0, 0.1) is 16.6 Å². The van der Waals surface area contributed by atoms with E-state index >= 15 is 0 Å². The van der Waals surface area contributed by atoms with Crippen LogP contribution in [0.5, 0.6) is 0 Å². The van der Waals surface area contributed by atoms with E-state index in [2.05, 4.69) is 34.8 Å². The van der Waals surface area contributed by atoms with Crippen molar-refractivity contribution in [2.75, 3.05) is 0 Å². The molecule has 1 unspecified atom stereocenters. The van der Waals surface area contributed by atoms with Crippen molar-refractivity contribution in [1.82, 2.24) is 4.98 Å². The van der Waals surface area contributed by atoms with Crippen LogP contribution < -0.4 is 0 Å². The van der Waals surface area contributed by atoms with E-state index in [1.165, 1.54) is 10.9 Å². The maximum absolute atomic E-state index is 12.2. The Bertz CT molecular complexity index is 1210. The number of aromatic nitrogens is 1. The molecule has 0 aliphatic carbocycles. The molecule has 1 atom stereocenters. The third kappa shape index (κ3) is 9.19. The molecule has 0 N–H and O–H groups in total. The Balaban J connectivity index is 0.000000340. The number of ketones is 1. The lowest BCUT2D eigenvalue weighted by molar-refractivity contribution is 0.0976. The van der Waals surface area contributed by atoms with Crippen molar-refractivity contribution in [2.24, 2.45) is 5.92 Å². The van der Waals surface area contributed by atoms with Gasteiger partial charge < -0.3 is 0 Å². The fourth-order valence-electron chi connectivity index (χ4n) is 2.96. The first kappa shape index (κ1) is 32.7. The molecule has 0 aliphatic rings. The molecule has 3 aromatic rings. The standard InChI is InChI=1S/C12H10BrCl2NS.C12H11Cl2NOS.BrH/c1-6(2)11-10(16-12(13)17-11)8-4-3-7(14)5-9(8)15;1-7(2)12(17-6-15)11(16)9-4-3-8(13)5-10(9)14;/h3-6H,1-2H3;3-5,7,12H,1-2H3;1H. The highest BCUT2D eigenvalue weighted by atomic mass is 79.9. The third-order valence-electron chi connectivity index (χ3n) is 4.58. The fourth-order valence-corrected chi connectivity index (χ4v) is 6.09. The number of Topliss-reactive ketones (excluding diaryl/α,β-unsaturated/α-hetero) is 1. The van der Waals surface area contributed by atoms with E-state index in [1.54, 1.807) is 29.5 Å². The first-order valence-corrected chi connectivity index (χ1v) is 14.1. The highest BCUT2D eigenvalue weighted by molar-refractivity contribution is 9.11. The molecule has 0 radical (unpaired) electrons. The Morgan fingerprint density at radius 3 is 2.09 bits per heavy atom. The predicted molar refractivity (Wildman–Crippen MR) is 162 cm³/mol. The molecule has 0 aliphatic heterocycles. The molecule has 0 bridgehead atoms. The molecule has 3 rings (SSSR count). The van der Waals surface area contributed by atoms with Crippen LogP contribution in [0.3, 0.4) is 0 Å². The molecular weight excluding hydrogens is 698 g/mol. The topological polar surface area (TPSA) is 53.8 Å². The van der Waals surface area contributed by atoms with Gasteiger partial charge in [-0.25, -0.2) is 4.98 Å². The molecule has 11 heteroatoms. The van der Waals surface area contributed by atoms with Crippen LogP contribution >= 0.6 is 102 Å². The van der Waals surface area contributed by atoms with Crippen LogP contribution in [0.25, 0.3) is 11.3 Å². The number of thioether (sulfide) groups is 1. The number of thiocyanates is 1. The fraction of sp³-hybridized carbons (Fsp3) is 0.292. The minimum atomic E-state index is -0.404. The van der Waals surface area contributed by atoms with E-state index in [-0.39, 0.29) is 28.7 Å². The predicted octanol–water partition coefficient (Wildman–Crippen LogP) is 11.0. The zero-order valence-electron chi connectivity index (χ0n) is 19.1. The number of hydrogen-bond donors (Lipinski definition) is 0. The molecule has 0 spiro atoms. The van der Waals surface area contributed by atoms with E-state index in [0.29, 0.717) is 31.6 Å². The van der Waals surface area contributed by atoms with Crippen molar-refractivity contribution in [1.29, 1.82) is 5.26 Å². The molecule has 0 fully saturated rings. The summed E-state index contributed by atoms with van der Waals surface area (Å²) in [5, 5.41) is 12.3. The normalized spacial score (nSPS) is 11.4. The molecule has 35 heavy (non-hydrogen) atoms. The molecule has 3 nitrogen and oxygen atoms in total. The summed E-state index contributed by atoms with van der Waals surface area (Å²) in [7, 11) is 0. The van der Waals surface area contributed by atoms with Gasteiger partial charge in [-0.15, -0.1) is 28.3 Å². The second kappa shape index (κ2) is 15.2. The Kier molecular flexibility index (Phi) is 14.2. The first-order chi connectivity index (χ1) is 16.0. The first-order valence-electron chi connectivity index (χ1n) is 10.1. The summed E-state index contributed by atoms with van der Waals surface area (Å²) in [6.07, 6.45) is 0. The number of rotatable bonds is 6. The summed E-state index contributed by atoms with van der Waals surface area (Å²) < 4.78 is 0.877. The van der Waals surface area contributed by atoms with Gasteiger partial charge in [-0.05, 0) is 75.9 Å². The van der Waals surface area contributed by atoms with Crippen molar-refractivity contribution < 1.29 is 4.79 Å². The van der Waals surface area contributed by atoms with E-state index in [4.69, 9.17) is 51.7 Å². The number of carbonyl (C=O) groups excluding carboxylic acids is 1. The lowest BCUT2D eigenvalue weighted by Gasteiger charge is -2.16. The Morgan fingerprint density at radius 1 is 1.03 bits per heavy atom. The van der Waals surface area contributed by atoms with Gasteiger partial charge in [0.1, 0.15) is 5.40 Å². The summed E-state index contributed by atoms with van der Waals surface area (Å²) in [6, 6.07) is 10.2. The SMILES string of the molecule is Br.CC(C)C(SC#N)C(=O)c1ccc(Cl)cc1Cl.CC(C)c1sc(Br)nc1-c1ccc(Cl)cc1Cl. The van der Waals surface area contributed by atoms with Crippen LogP contribution in [0.1, 0.15) is 48.8 Å². The molecule has 0 saturated heterocycles. The van der Waals surface area contributed by atoms with E-state index in [9.17, 15) is 4.79 Å². The van der Waals surface area contributed by atoms with Gasteiger partial charge in [0, 0.05) is 26.0 Å². The monoisotopic (exact) mass is 716 g/mol. The van der Waals surface area contributed by atoms with Crippen LogP contribution in [0.15, 0.2) is 40.3 Å². The maximum atomic E-state index is 12.2. The van der Waals surface area contributed by atoms with Crippen LogP contribution in [0.4, 0.5) is 0 Å². The van der Waals surface area contributed by atoms with Gasteiger partial charge in [0.05, 0.1) is 21.0 Å². The molecule has 2 aromatic carbocycles. The Morgan fingerprint density at radius 2 is 1.60 bits per heavy atom. The second-order valence-electron chi connectivity index (χ2n) is 7.82. The van der Waals surface area contributed by atoms with Gasteiger partial charge >= 0.3 is 0 Å². The van der Waals surface area contributed by atoms with Crippen molar-refractivity contribution >= 4 is 108 Å². The van der Waals surface area contributed by atoms with Crippen molar-refractivity contribution in [3.05, 3.63) is 70.8 Å². The summed E-state index contributed by atoms with van der Waals surface area (Å²) in [5.74, 6) is 0.354. The highest BCUT2D eigenvalue weighted by Gasteiger charge is 2.26. The lowest BCUT2D eigenvalue weighted by atomic mass is 10.0. The highest BCUT2D eigenvalue weighted by Crippen LogP contribution is 2.39. The van der Waals surface area contributed by atoms with Crippen LogP contribution in [0.2, 0.25) is 20.1 Å². The van der Waals surface area contributed by atoms with Crippen molar-refractivity contribution in [2.45, 2.75) is 38.9 Å². The van der Waals surface area contributed by atoms with Gasteiger partial charge in [-0.2, -0.15) is 5.26 Å².